The van der Waals surface area contributed by atoms with Gasteiger partial charge in [-0.05, 0) is 49.9 Å². The molecule has 4 heteroatoms. The summed E-state index contributed by atoms with van der Waals surface area (Å²) in [7, 11) is 3.31. The number of ether oxygens (including phenoxy) is 2. The van der Waals surface area contributed by atoms with E-state index in [9.17, 15) is 0 Å². The zero-order valence-electron chi connectivity index (χ0n) is 11.9. The van der Waals surface area contributed by atoms with Crippen LogP contribution in [0.5, 0.6) is 11.5 Å². The summed E-state index contributed by atoms with van der Waals surface area (Å²) in [5.74, 6) is 2.01. The highest BCUT2D eigenvalue weighted by Gasteiger charge is 2.24. The number of piperidine rings is 1. The van der Waals surface area contributed by atoms with Crippen molar-refractivity contribution in [2.75, 3.05) is 27.3 Å². The second-order valence-corrected chi connectivity index (χ2v) is 5.28. The Bertz CT molecular complexity index is 442. The van der Waals surface area contributed by atoms with Gasteiger partial charge in [-0.15, -0.1) is 0 Å². The molecule has 2 rings (SSSR count). The van der Waals surface area contributed by atoms with Crippen molar-refractivity contribution in [3.05, 3.63) is 22.2 Å². The number of hydrogen-bond donors (Lipinski definition) is 1. The molecule has 0 aromatic heterocycles. The van der Waals surface area contributed by atoms with Crippen LogP contribution in [-0.2, 0) is 6.42 Å². The standard InChI is InChI=1S/C15H22ClNO2/c1-4-11-12(10-5-7-17-8-6-10)9-13(16)15(19-3)14(11)18-2/h9-10,17H,4-8H2,1-3H3. The molecule has 1 N–H and O–H groups in total. The van der Waals surface area contributed by atoms with E-state index in [1.54, 1.807) is 14.2 Å². The van der Waals surface area contributed by atoms with Crippen LogP contribution in [-0.4, -0.2) is 27.3 Å². The average molecular weight is 284 g/mol. The molecular formula is C15H22ClNO2. The molecule has 1 fully saturated rings. The van der Waals surface area contributed by atoms with Gasteiger partial charge in [0, 0.05) is 5.56 Å². The Morgan fingerprint density at radius 1 is 1.21 bits per heavy atom. The molecule has 0 saturated carbocycles. The second kappa shape index (κ2) is 6.49. The van der Waals surface area contributed by atoms with Gasteiger partial charge in [-0.3, -0.25) is 0 Å². The van der Waals surface area contributed by atoms with E-state index in [0.717, 1.165) is 38.1 Å². The molecule has 1 aliphatic heterocycles. The molecule has 0 radical (unpaired) electrons. The molecule has 19 heavy (non-hydrogen) atoms. The summed E-state index contributed by atoms with van der Waals surface area (Å²) >= 11 is 6.34. The number of nitrogens with one attached hydrogen (secondary N) is 1. The van der Waals surface area contributed by atoms with E-state index < -0.39 is 0 Å². The summed E-state index contributed by atoms with van der Waals surface area (Å²) in [6.07, 6.45) is 3.23. The molecule has 0 bridgehead atoms. The number of halogens is 1. The lowest BCUT2D eigenvalue weighted by molar-refractivity contribution is 0.350. The van der Waals surface area contributed by atoms with Crippen LogP contribution in [0.4, 0.5) is 0 Å². The first-order valence-electron chi connectivity index (χ1n) is 6.86. The molecule has 0 unspecified atom stereocenters. The molecule has 0 spiro atoms. The van der Waals surface area contributed by atoms with Crippen LogP contribution >= 0.6 is 11.6 Å². The Hall–Kier alpha value is -0.930. The molecule has 0 aliphatic carbocycles. The quantitative estimate of drug-likeness (QED) is 0.919. The Kier molecular flexibility index (Phi) is 4.94. The second-order valence-electron chi connectivity index (χ2n) is 4.87. The number of hydrogen-bond acceptors (Lipinski definition) is 3. The van der Waals surface area contributed by atoms with E-state index in [-0.39, 0.29) is 0 Å². The predicted octanol–water partition coefficient (Wildman–Crippen LogP) is 3.39. The summed E-state index contributed by atoms with van der Waals surface area (Å²) < 4.78 is 10.9. The molecule has 1 saturated heterocycles. The highest BCUT2D eigenvalue weighted by atomic mass is 35.5. The van der Waals surface area contributed by atoms with Crippen molar-refractivity contribution in [1.82, 2.24) is 5.32 Å². The van der Waals surface area contributed by atoms with Crippen LogP contribution in [0.3, 0.4) is 0 Å². The van der Waals surface area contributed by atoms with Crippen molar-refractivity contribution in [3.8, 4) is 11.5 Å². The summed E-state index contributed by atoms with van der Waals surface area (Å²) in [6.45, 7) is 4.29. The van der Waals surface area contributed by atoms with Gasteiger partial charge in [0.1, 0.15) is 0 Å². The van der Waals surface area contributed by atoms with E-state index in [2.05, 4.69) is 18.3 Å². The minimum atomic E-state index is 0.563. The number of benzene rings is 1. The number of methoxy groups -OCH3 is 2. The fraction of sp³-hybridized carbons (Fsp3) is 0.600. The lowest BCUT2D eigenvalue weighted by atomic mass is 9.86. The fourth-order valence-electron chi connectivity index (χ4n) is 2.93. The molecule has 0 atom stereocenters. The van der Waals surface area contributed by atoms with E-state index in [1.807, 2.05) is 0 Å². The van der Waals surface area contributed by atoms with Crippen molar-refractivity contribution in [2.45, 2.75) is 32.1 Å². The summed E-state index contributed by atoms with van der Waals surface area (Å²) in [5.41, 5.74) is 2.56. The lowest BCUT2D eigenvalue weighted by Crippen LogP contribution is -2.27. The summed E-state index contributed by atoms with van der Waals surface area (Å²) in [6, 6.07) is 2.07. The van der Waals surface area contributed by atoms with Gasteiger partial charge in [0.15, 0.2) is 11.5 Å². The van der Waals surface area contributed by atoms with E-state index in [4.69, 9.17) is 21.1 Å². The number of rotatable bonds is 4. The summed E-state index contributed by atoms with van der Waals surface area (Å²) in [5, 5.41) is 4.04. The van der Waals surface area contributed by atoms with Crippen LogP contribution in [0.25, 0.3) is 0 Å². The van der Waals surface area contributed by atoms with Crippen LogP contribution in [0, 0.1) is 0 Å². The van der Waals surface area contributed by atoms with Crippen molar-refractivity contribution in [1.29, 1.82) is 0 Å². The van der Waals surface area contributed by atoms with Gasteiger partial charge in [-0.25, -0.2) is 0 Å². The van der Waals surface area contributed by atoms with Crippen LogP contribution in [0.2, 0.25) is 5.02 Å². The molecular weight excluding hydrogens is 262 g/mol. The third-order valence-electron chi connectivity index (χ3n) is 3.87. The van der Waals surface area contributed by atoms with Crippen LogP contribution in [0.1, 0.15) is 36.8 Å². The van der Waals surface area contributed by atoms with Crippen molar-refractivity contribution in [2.24, 2.45) is 0 Å². The predicted molar refractivity (Wildman–Crippen MR) is 78.8 cm³/mol. The lowest BCUT2D eigenvalue weighted by Gasteiger charge is -2.27. The highest BCUT2D eigenvalue weighted by Crippen LogP contribution is 2.43. The van der Waals surface area contributed by atoms with Gasteiger partial charge >= 0.3 is 0 Å². The van der Waals surface area contributed by atoms with E-state index in [0.29, 0.717) is 16.7 Å². The topological polar surface area (TPSA) is 30.5 Å². The van der Waals surface area contributed by atoms with E-state index >= 15 is 0 Å². The molecule has 3 nitrogen and oxygen atoms in total. The van der Waals surface area contributed by atoms with Crippen molar-refractivity contribution in [3.63, 3.8) is 0 Å². The molecule has 1 aliphatic rings. The SMILES string of the molecule is CCc1c(C2CCNCC2)cc(Cl)c(OC)c1OC. The van der Waals surface area contributed by atoms with E-state index in [1.165, 1.54) is 11.1 Å². The Morgan fingerprint density at radius 3 is 2.37 bits per heavy atom. The zero-order chi connectivity index (χ0) is 13.8. The van der Waals surface area contributed by atoms with Gasteiger partial charge in [0.05, 0.1) is 19.2 Å². The fourth-order valence-corrected chi connectivity index (χ4v) is 3.21. The maximum Gasteiger partial charge on any atom is 0.179 e. The average Bonchev–Trinajstić information content (AvgIpc) is 2.46. The van der Waals surface area contributed by atoms with Crippen molar-refractivity contribution < 1.29 is 9.47 Å². The monoisotopic (exact) mass is 283 g/mol. The first-order valence-corrected chi connectivity index (χ1v) is 7.24. The maximum atomic E-state index is 6.34. The first-order chi connectivity index (χ1) is 9.22. The van der Waals surface area contributed by atoms with Gasteiger partial charge in [-0.2, -0.15) is 0 Å². The Morgan fingerprint density at radius 2 is 1.84 bits per heavy atom. The zero-order valence-corrected chi connectivity index (χ0v) is 12.6. The maximum absolute atomic E-state index is 6.34. The molecule has 1 heterocycles. The molecule has 0 amide bonds. The minimum Gasteiger partial charge on any atom is -0.493 e. The van der Waals surface area contributed by atoms with Crippen molar-refractivity contribution >= 4 is 11.6 Å². The first kappa shape index (κ1) is 14.5. The summed E-state index contributed by atoms with van der Waals surface area (Å²) in [4.78, 5) is 0. The molecule has 1 aromatic rings. The third kappa shape index (κ3) is 2.82. The normalized spacial score (nSPS) is 16.4. The molecule has 106 valence electrons. The Labute approximate surface area is 120 Å². The van der Waals surface area contributed by atoms with Gasteiger partial charge in [-0.1, -0.05) is 18.5 Å². The van der Waals surface area contributed by atoms with Gasteiger partial charge < -0.3 is 14.8 Å². The smallest absolute Gasteiger partial charge is 0.179 e. The van der Waals surface area contributed by atoms with Gasteiger partial charge in [0.2, 0.25) is 0 Å². The largest absolute Gasteiger partial charge is 0.493 e. The third-order valence-corrected chi connectivity index (χ3v) is 4.15. The molecule has 1 aromatic carbocycles. The highest BCUT2D eigenvalue weighted by molar-refractivity contribution is 6.32. The minimum absolute atomic E-state index is 0.563. The van der Waals surface area contributed by atoms with Gasteiger partial charge in [0.25, 0.3) is 0 Å². The van der Waals surface area contributed by atoms with Crippen LogP contribution < -0.4 is 14.8 Å². The Balaban J connectivity index is 2.50. The van der Waals surface area contributed by atoms with Crippen LogP contribution in [0.15, 0.2) is 6.07 Å².